The Kier molecular flexibility index (Phi) is 10.8. The molecule has 5 N–H and O–H groups in total. The molecule has 14 heteroatoms. The first kappa shape index (κ1) is 33.9. The second kappa shape index (κ2) is 14.0. The molecule has 1 aromatic carbocycles. The lowest BCUT2D eigenvalue weighted by Crippen LogP contribution is -2.65. The lowest BCUT2D eigenvalue weighted by atomic mass is 9.43. The second-order valence-corrected chi connectivity index (χ2v) is 14.2. The van der Waals surface area contributed by atoms with Crippen molar-refractivity contribution in [2.45, 2.75) is 90.4 Å². The Morgan fingerprint density at radius 1 is 1.23 bits per heavy atom. The minimum Gasteiger partial charge on any atom is -0.404 e. The van der Waals surface area contributed by atoms with Crippen LogP contribution in [-0.2, 0) is 18.9 Å². The molecule has 3 saturated carbocycles. The van der Waals surface area contributed by atoms with E-state index < -0.39 is 35.6 Å². The highest BCUT2D eigenvalue weighted by Gasteiger charge is 2.68. The molecule has 2 amide bonds. The molecule has 1 aromatic rings. The predicted molar refractivity (Wildman–Crippen MR) is 172 cm³/mol. The Labute approximate surface area is 267 Å². The fourth-order valence-electron chi connectivity index (χ4n) is 6.96. The Balaban J connectivity index is 1.45. The third kappa shape index (κ3) is 8.00. The molecule has 2 bridgehead atoms. The smallest absolute Gasteiger partial charge is 0.404 e. The molecular formula is C30H44BBrN6O6. The summed E-state index contributed by atoms with van der Waals surface area (Å²) in [5.74, 6) is -0.295. The Hall–Kier alpha value is -2.97. The molecule has 12 nitrogen and oxygen atoms in total. The minimum atomic E-state index is -0.891. The predicted octanol–water partition coefficient (Wildman–Crippen LogP) is 3.62. The van der Waals surface area contributed by atoms with Gasteiger partial charge in [0.15, 0.2) is 5.03 Å². The van der Waals surface area contributed by atoms with Gasteiger partial charge < -0.3 is 25.7 Å². The maximum absolute atomic E-state index is 13.8. The summed E-state index contributed by atoms with van der Waals surface area (Å²) in [5, 5.41) is 15.7. The van der Waals surface area contributed by atoms with E-state index in [9.17, 15) is 19.7 Å². The van der Waals surface area contributed by atoms with Crippen molar-refractivity contribution in [3.8, 4) is 0 Å². The van der Waals surface area contributed by atoms with Crippen molar-refractivity contribution >= 4 is 46.9 Å². The van der Waals surface area contributed by atoms with Gasteiger partial charge in [-0.3, -0.25) is 9.59 Å². The first-order valence-electron chi connectivity index (χ1n) is 15.3. The van der Waals surface area contributed by atoms with Crippen LogP contribution in [0.25, 0.3) is 6.08 Å². The molecule has 6 atom stereocenters. The first-order valence-corrected chi connectivity index (χ1v) is 16.1. The van der Waals surface area contributed by atoms with E-state index in [1.54, 1.807) is 11.5 Å². The quantitative estimate of drug-likeness (QED) is 0.0468. The van der Waals surface area contributed by atoms with Crippen molar-refractivity contribution in [3.63, 3.8) is 0 Å². The molecule has 4 fully saturated rings. The molecule has 240 valence electrons. The van der Waals surface area contributed by atoms with E-state index >= 15 is 0 Å². The minimum absolute atomic E-state index is 0.0221. The van der Waals surface area contributed by atoms with Gasteiger partial charge in [0.05, 0.1) is 17.6 Å². The topological polar surface area (TPSA) is 170 Å². The largest absolute Gasteiger partial charge is 0.481 e. The average molecular weight is 675 g/mol. The van der Waals surface area contributed by atoms with Gasteiger partial charge in [-0.1, -0.05) is 61.2 Å². The van der Waals surface area contributed by atoms with E-state index in [4.69, 9.17) is 15.0 Å². The number of hydrazine groups is 1. The zero-order chi connectivity index (χ0) is 32.2. The van der Waals surface area contributed by atoms with Crippen molar-refractivity contribution in [3.05, 3.63) is 50.5 Å². The summed E-state index contributed by atoms with van der Waals surface area (Å²) in [6.45, 7) is 11.0. The second-order valence-electron chi connectivity index (χ2n) is 13.3. The highest BCUT2D eigenvalue weighted by atomic mass is 79.9. The summed E-state index contributed by atoms with van der Waals surface area (Å²) in [6, 6.07) is 6.58. The normalized spacial score (nSPS) is 26.9. The summed E-state index contributed by atoms with van der Waals surface area (Å²) in [6.07, 6.45) is 6.31. The summed E-state index contributed by atoms with van der Waals surface area (Å²) in [5.41, 5.74) is 7.92. The van der Waals surface area contributed by atoms with Gasteiger partial charge in [0, 0.05) is 17.1 Å². The molecule has 5 rings (SSSR count). The number of nitrogens with zero attached hydrogens (tertiary/aromatic N) is 2. The fraction of sp³-hybridized carbons (Fsp3) is 0.633. The molecule has 3 aliphatic carbocycles. The third-order valence-corrected chi connectivity index (χ3v) is 9.95. The molecule has 1 aliphatic heterocycles. The number of nitrogens with two attached hydrogens (primary N) is 1. The molecule has 1 heterocycles. The van der Waals surface area contributed by atoms with Crippen LogP contribution >= 0.6 is 15.9 Å². The fourth-order valence-corrected chi connectivity index (χ4v) is 7.22. The number of benzene rings is 1. The lowest BCUT2D eigenvalue weighted by Gasteiger charge is -2.64. The van der Waals surface area contributed by atoms with E-state index in [-0.39, 0.29) is 42.3 Å². The summed E-state index contributed by atoms with van der Waals surface area (Å²) in [4.78, 5) is 41.2. The van der Waals surface area contributed by atoms with Crippen LogP contribution in [0, 0.1) is 33.3 Å². The number of carbonyl (C=O) groups is 2. The van der Waals surface area contributed by atoms with Crippen molar-refractivity contribution in [1.82, 2.24) is 16.1 Å². The van der Waals surface area contributed by atoms with Crippen LogP contribution in [0.5, 0.6) is 0 Å². The number of aliphatic imine (C=N–C) groups is 1. The van der Waals surface area contributed by atoms with Crippen molar-refractivity contribution in [1.29, 1.82) is 0 Å². The molecular weight excluding hydrogens is 631 g/mol. The number of rotatable bonds is 13. The first-order chi connectivity index (χ1) is 20.7. The average Bonchev–Trinajstić information content (AvgIpc) is 3.30. The standard InChI is InChI=1S/C30H44BBrN6O6/c1-18(2)15-25(31-43-24-17-20-16-23(29(20,3)4)30(24,5)44-31)36-27(40)22(7-6-14-34-28(33)37-38(41)42)35-26(39)13-10-19-8-11-21(32)12-9-19/h8-13,18,20,22-25H,6-7,14-17H2,1-5H3,(H,35,39)(H,36,40)(H3,33,34,37)/t20-,22-,23-,24+,25-,30-/m0/s1. The Bertz CT molecular complexity index is 1280. The van der Waals surface area contributed by atoms with Crippen LogP contribution in [0.1, 0.15) is 72.3 Å². The number of nitro groups is 1. The Morgan fingerprint density at radius 2 is 1.93 bits per heavy atom. The summed E-state index contributed by atoms with van der Waals surface area (Å²) < 4.78 is 14.1. The van der Waals surface area contributed by atoms with Gasteiger partial charge in [0.25, 0.3) is 5.96 Å². The number of nitrogens with one attached hydrogen (secondary N) is 3. The zero-order valence-corrected chi connectivity index (χ0v) is 27.6. The number of guanidine groups is 1. The number of hydrogen-bond acceptors (Lipinski definition) is 7. The van der Waals surface area contributed by atoms with Gasteiger partial charge in [-0.05, 0) is 86.0 Å². The Morgan fingerprint density at radius 3 is 2.57 bits per heavy atom. The van der Waals surface area contributed by atoms with Crippen LogP contribution in [-0.4, -0.2) is 60.2 Å². The van der Waals surface area contributed by atoms with Crippen LogP contribution < -0.4 is 21.8 Å². The van der Waals surface area contributed by atoms with Crippen LogP contribution in [0.3, 0.4) is 0 Å². The monoisotopic (exact) mass is 674 g/mol. The number of hydrogen-bond donors (Lipinski definition) is 4. The molecule has 0 aromatic heterocycles. The van der Waals surface area contributed by atoms with E-state index in [2.05, 4.69) is 66.2 Å². The third-order valence-electron chi connectivity index (χ3n) is 9.42. The lowest BCUT2D eigenvalue weighted by molar-refractivity contribution is -0.525. The van der Waals surface area contributed by atoms with E-state index in [1.807, 2.05) is 24.3 Å². The SMILES string of the molecule is CC(C)C[C@H](NC(=O)[C@H](CCCN=C(N)N[N+](=O)[O-])NC(=O)C=Cc1ccc(Br)cc1)B1O[C@@H]2C[C@@H]3C[C@@H](C3(C)C)[C@]2(C)O1. The van der Waals surface area contributed by atoms with Crippen LogP contribution in [0.2, 0.25) is 0 Å². The summed E-state index contributed by atoms with van der Waals surface area (Å²) >= 11 is 3.39. The number of carbonyl (C=O) groups excluding carboxylic acids is 2. The van der Waals surface area contributed by atoms with Gasteiger partial charge in [-0.2, -0.15) is 0 Å². The number of halogens is 1. The highest BCUT2D eigenvalue weighted by Crippen LogP contribution is 2.65. The summed E-state index contributed by atoms with van der Waals surface area (Å²) in [7, 11) is -0.599. The molecule has 0 radical (unpaired) electrons. The molecule has 1 saturated heterocycles. The molecule has 0 unspecified atom stereocenters. The number of amides is 2. The van der Waals surface area contributed by atoms with E-state index in [1.165, 1.54) is 6.08 Å². The molecule has 0 spiro atoms. The van der Waals surface area contributed by atoms with Crippen molar-refractivity contribution < 1.29 is 23.9 Å². The maximum atomic E-state index is 13.8. The molecule has 44 heavy (non-hydrogen) atoms. The van der Waals surface area contributed by atoms with Gasteiger partial charge in [-0.25, -0.2) is 15.1 Å². The van der Waals surface area contributed by atoms with Crippen molar-refractivity contribution in [2.75, 3.05) is 6.54 Å². The van der Waals surface area contributed by atoms with E-state index in [0.29, 0.717) is 24.7 Å². The maximum Gasteiger partial charge on any atom is 0.481 e. The van der Waals surface area contributed by atoms with Crippen LogP contribution in [0.4, 0.5) is 0 Å². The van der Waals surface area contributed by atoms with Crippen LogP contribution in [0.15, 0.2) is 39.8 Å². The molecule has 4 aliphatic rings. The van der Waals surface area contributed by atoms with Gasteiger partial charge in [-0.15, -0.1) is 0 Å². The highest BCUT2D eigenvalue weighted by molar-refractivity contribution is 9.10. The van der Waals surface area contributed by atoms with Gasteiger partial charge in [0.2, 0.25) is 11.8 Å². The van der Waals surface area contributed by atoms with Crippen molar-refractivity contribution in [2.24, 2.45) is 33.9 Å². The zero-order valence-electron chi connectivity index (χ0n) is 26.0. The van der Waals surface area contributed by atoms with Gasteiger partial charge in [0.1, 0.15) is 6.04 Å². The van der Waals surface area contributed by atoms with E-state index in [0.717, 1.165) is 22.9 Å². The van der Waals surface area contributed by atoms with Gasteiger partial charge >= 0.3 is 7.12 Å².